The fourth-order valence-corrected chi connectivity index (χ4v) is 4.05. The van der Waals surface area contributed by atoms with E-state index in [9.17, 15) is 19.7 Å². The van der Waals surface area contributed by atoms with Gasteiger partial charge >= 0.3 is 5.97 Å². The van der Waals surface area contributed by atoms with Crippen LogP contribution in [0.25, 0.3) is 5.52 Å². The number of benzene rings is 2. The number of pyridine rings is 1. The average molecular weight is 497 g/mol. The number of carbonyl (C=O) groups excluding carboxylic acids is 2. The van der Waals surface area contributed by atoms with Gasteiger partial charge in [-0.25, -0.2) is 9.78 Å². The Hall–Kier alpha value is -3.89. The molecule has 0 aliphatic rings. The number of carbonyl (C=O) groups is 2. The molecule has 2 heterocycles. The van der Waals surface area contributed by atoms with E-state index in [2.05, 4.69) is 10.3 Å². The van der Waals surface area contributed by atoms with Gasteiger partial charge in [-0.05, 0) is 24.5 Å². The Morgan fingerprint density at radius 1 is 1.15 bits per heavy atom. The molecule has 11 heteroatoms. The minimum absolute atomic E-state index is 0.0228. The fourth-order valence-electron chi connectivity index (χ4n) is 3.28. The Bertz CT molecular complexity index is 1390. The van der Waals surface area contributed by atoms with E-state index in [4.69, 9.17) is 16.3 Å². The topological polar surface area (TPSA) is 116 Å². The van der Waals surface area contributed by atoms with Crippen LogP contribution in [0.1, 0.15) is 22.2 Å². The van der Waals surface area contributed by atoms with Crippen LogP contribution in [0.4, 0.5) is 11.4 Å². The summed E-state index contributed by atoms with van der Waals surface area (Å²) >= 11 is 7.48. The van der Waals surface area contributed by atoms with Gasteiger partial charge in [-0.2, -0.15) is 0 Å². The predicted molar refractivity (Wildman–Crippen MR) is 128 cm³/mol. The molecule has 0 radical (unpaired) electrons. The number of non-ortho nitro benzene ring substituents is 1. The van der Waals surface area contributed by atoms with Gasteiger partial charge in [0.1, 0.15) is 0 Å². The number of thioether (sulfide) groups is 1. The number of hydrogen-bond acceptors (Lipinski definition) is 7. The molecule has 1 atom stereocenters. The highest BCUT2D eigenvalue weighted by Crippen LogP contribution is 2.29. The largest absolute Gasteiger partial charge is 0.442 e. The number of fused-ring (bicyclic) bond motifs is 1. The Kier molecular flexibility index (Phi) is 6.80. The lowest BCUT2D eigenvalue weighted by Gasteiger charge is -2.18. The highest BCUT2D eigenvalue weighted by molar-refractivity contribution is 7.98. The molecule has 0 saturated carbocycles. The zero-order chi connectivity index (χ0) is 24.2. The van der Waals surface area contributed by atoms with Gasteiger partial charge in [-0.15, -0.1) is 0 Å². The van der Waals surface area contributed by atoms with E-state index < -0.39 is 22.9 Å². The number of esters is 1. The maximum atomic E-state index is 13.2. The van der Waals surface area contributed by atoms with Crippen LogP contribution in [0.15, 0.2) is 78.1 Å². The molecule has 0 bridgehead atoms. The Labute approximate surface area is 202 Å². The van der Waals surface area contributed by atoms with E-state index >= 15 is 0 Å². The van der Waals surface area contributed by atoms with Crippen molar-refractivity contribution in [2.45, 2.75) is 11.3 Å². The van der Waals surface area contributed by atoms with Gasteiger partial charge in [-0.3, -0.25) is 19.3 Å². The van der Waals surface area contributed by atoms with Crippen LogP contribution in [0.2, 0.25) is 5.02 Å². The molecule has 4 rings (SSSR count). The van der Waals surface area contributed by atoms with Gasteiger partial charge in [0.15, 0.2) is 10.9 Å². The number of rotatable bonds is 7. The molecule has 2 aromatic carbocycles. The average Bonchev–Trinajstić information content (AvgIpc) is 3.23. The molecule has 0 aliphatic carbocycles. The summed E-state index contributed by atoms with van der Waals surface area (Å²) in [6.07, 6.45) is 2.30. The third kappa shape index (κ3) is 4.73. The van der Waals surface area contributed by atoms with Crippen molar-refractivity contribution in [2.24, 2.45) is 0 Å². The first kappa shape index (κ1) is 23.3. The van der Waals surface area contributed by atoms with Crippen molar-refractivity contribution in [3.05, 3.63) is 99.3 Å². The molecule has 0 aliphatic heterocycles. The third-order valence-corrected chi connectivity index (χ3v) is 5.84. The third-order valence-electron chi connectivity index (χ3n) is 4.88. The SMILES string of the molecule is CSc1nc(C(=O)OC(C(=O)Nc2ccc([N+](=O)[O-])cc2Cl)c2ccccc2)c2ccccn12. The van der Waals surface area contributed by atoms with Gasteiger partial charge in [0.05, 0.1) is 21.2 Å². The highest BCUT2D eigenvalue weighted by Gasteiger charge is 2.29. The summed E-state index contributed by atoms with van der Waals surface area (Å²) in [5.74, 6) is -1.45. The number of amides is 1. The summed E-state index contributed by atoms with van der Waals surface area (Å²) in [6, 6.07) is 17.5. The number of aromatic nitrogens is 2. The predicted octanol–water partition coefficient (Wildman–Crippen LogP) is 5.15. The standard InChI is InChI=1S/C23H17ClN4O5S/c1-34-23-26-19(18-9-5-6-12-27(18)23)22(30)33-20(14-7-3-2-4-8-14)21(29)25-17-11-10-15(28(31)32)13-16(17)24/h2-13,20H,1H3,(H,25,29). The molecule has 1 N–H and O–H groups in total. The molecule has 172 valence electrons. The first-order valence-electron chi connectivity index (χ1n) is 9.91. The van der Waals surface area contributed by atoms with E-state index in [0.717, 1.165) is 6.07 Å². The maximum absolute atomic E-state index is 13.2. The Morgan fingerprint density at radius 2 is 1.88 bits per heavy atom. The summed E-state index contributed by atoms with van der Waals surface area (Å²) in [5.41, 5.74) is 0.978. The summed E-state index contributed by atoms with van der Waals surface area (Å²) in [7, 11) is 0. The number of nitrogens with zero attached hydrogens (tertiary/aromatic N) is 3. The van der Waals surface area contributed by atoms with Crippen LogP contribution in [-0.2, 0) is 9.53 Å². The zero-order valence-corrected chi connectivity index (χ0v) is 19.2. The van der Waals surface area contributed by atoms with Crippen LogP contribution in [0.3, 0.4) is 0 Å². The zero-order valence-electron chi connectivity index (χ0n) is 17.7. The highest BCUT2D eigenvalue weighted by atomic mass is 35.5. The second kappa shape index (κ2) is 9.94. The normalized spacial score (nSPS) is 11.7. The lowest BCUT2D eigenvalue weighted by atomic mass is 10.1. The first-order chi connectivity index (χ1) is 16.4. The van der Waals surface area contributed by atoms with Crippen molar-refractivity contribution in [3.63, 3.8) is 0 Å². The van der Waals surface area contributed by atoms with Gasteiger partial charge in [0.2, 0.25) is 6.10 Å². The first-order valence-corrected chi connectivity index (χ1v) is 11.5. The van der Waals surface area contributed by atoms with Crippen LogP contribution in [0, 0.1) is 10.1 Å². The van der Waals surface area contributed by atoms with E-state index in [0.29, 0.717) is 16.2 Å². The number of hydrogen-bond donors (Lipinski definition) is 1. The van der Waals surface area contributed by atoms with Crippen LogP contribution in [0.5, 0.6) is 0 Å². The van der Waals surface area contributed by atoms with E-state index in [1.165, 1.54) is 23.9 Å². The molecule has 9 nitrogen and oxygen atoms in total. The second-order valence-corrected chi connectivity index (χ2v) is 8.19. The van der Waals surface area contributed by atoms with Crippen molar-refractivity contribution < 1.29 is 19.2 Å². The molecule has 1 amide bonds. The van der Waals surface area contributed by atoms with Crippen LogP contribution < -0.4 is 5.32 Å². The number of nitro groups is 1. The minimum Gasteiger partial charge on any atom is -0.442 e. The van der Waals surface area contributed by atoms with Gasteiger partial charge in [0.25, 0.3) is 11.6 Å². The lowest BCUT2D eigenvalue weighted by Crippen LogP contribution is -2.26. The Balaban J connectivity index is 1.65. The molecule has 0 spiro atoms. The van der Waals surface area contributed by atoms with Crippen molar-refractivity contribution in [2.75, 3.05) is 11.6 Å². The van der Waals surface area contributed by atoms with Gasteiger partial charge in [-0.1, -0.05) is 59.8 Å². The summed E-state index contributed by atoms with van der Waals surface area (Å²) in [5, 5.41) is 14.1. The number of anilines is 1. The number of halogens is 1. The fraction of sp³-hybridized carbons (Fsp3) is 0.0870. The summed E-state index contributed by atoms with van der Waals surface area (Å²) in [4.78, 5) is 41.0. The van der Waals surface area contributed by atoms with Gasteiger partial charge < -0.3 is 10.1 Å². The van der Waals surface area contributed by atoms with E-state index in [1.807, 2.05) is 12.3 Å². The molecule has 2 aromatic heterocycles. The van der Waals surface area contributed by atoms with E-state index in [-0.39, 0.29) is 22.1 Å². The Morgan fingerprint density at radius 3 is 2.56 bits per heavy atom. The van der Waals surface area contributed by atoms with Crippen molar-refractivity contribution in [1.29, 1.82) is 0 Å². The quantitative estimate of drug-likeness (QED) is 0.163. The molecule has 4 aromatic rings. The van der Waals surface area contributed by atoms with Crippen molar-refractivity contribution in [3.8, 4) is 0 Å². The smallest absolute Gasteiger partial charge is 0.360 e. The second-order valence-electron chi connectivity index (χ2n) is 7.01. The van der Waals surface area contributed by atoms with Crippen LogP contribution in [-0.4, -0.2) is 32.4 Å². The molecular formula is C23H17ClN4O5S. The number of nitrogens with one attached hydrogen (secondary N) is 1. The summed E-state index contributed by atoms with van der Waals surface area (Å²) < 4.78 is 7.40. The minimum atomic E-state index is -1.32. The molecule has 0 fully saturated rings. The van der Waals surface area contributed by atoms with Crippen molar-refractivity contribution >= 4 is 52.1 Å². The van der Waals surface area contributed by atoms with E-state index in [1.54, 1.807) is 53.1 Å². The monoisotopic (exact) mass is 496 g/mol. The van der Waals surface area contributed by atoms with Crippen LogP contribution >= 0.6 is 23.4 Å². The van der Waals surface area contributed by atoms with Gasteiger partial charge in [0, 0.05) is 23.9 Å². The molecular weight excluding hydrogens is 480 g/mol. The number of nitro benzene ring substituents is 1. The lowest BCUT2D eigenvalue weighted by molar-refractivity contribution is -0.384. The molecule has 0 saturated heterocycles. The number of ether oxygens (including phenoxy) is 1. The summed E-state index contributed by atoms with van der Waals surface area (Å²) in [6.45, 7) is 0. The molecule has 1 unspecified atom stereocenters. The van der Waals surface area contributed by atoms with Crippen molar-refractivity contribution in [1.82, 2.24) is 9.38 Å². The molecule has 34 heavy (non-hydrogen) atoms. The number of imidazole rings is 1. The maximum Gasteiger partial charge on any atom is 0.360 e.